The zero-order valence-electron chi connectivity index (χ0n) is 9.95. The number of rotatable bonds is 3. The minimum Gasteiger partial charge on any atom is -0.118 e. The van der Waals surface area contributed by atoms with E-state index in [-0.39, 0.29) is 0 Å². The van der Waals surface area contributed by atoms with Crippen LogP contribution in [0, 0.1) is 0 Å². The number of hydrogen-bond donors (Lipinski definition) is 0. The molecule has 0 saturated heterocycles. The van der Waals surface area contributed by atoms with Gasteiger partial charge in [0, 0.05) is 4.91 Å². The lowest BCUT2D eigenvalue weighted by atomic mass is 10.2. The first-order chi connectivity index (χ1) is 8.92. The lowest BCUT2D eigenvalue weighted by Crippen LogP contribution is -1.97. The van der Waals surface area contributed by atoms with E-state index in [1.165, 1.54) is 16.0 Å². The Labute approximate surface area is 116 Å². The van der Waals surface area contributed by atoms with E-state index in [1.807, 2.05) is 23.5 Å². The molecule has 0 bridgehead atoms. The van der Waals surface area contributed by atoms with Gasteiger partial charge in [0.2, 0.25) is 0 Å². The Morgan fingerprint density at radius 2 is 1.50 bits per heavy atom. The lowest BCUT2D eigenvalue weighted by Gasteiger charge is -2.09. The van der Waals surface area contributed by atoms with Crippen molar-refractivity contribution in [1.29, 1.82) is 0 Å². The summed E-state index contributed by atoms with van der Waals surface area (Å²) in [5.41, 5.74) is 2.76. The van der Waals surface area contributed by atoms with E-state index in [2.05, 4.69) is 66.1 Å². The van der Waals surface area contributed by atoms with Gasteiger partial charge in [0.15, 0.2) is 0 Å². The van der Waals surface area contributed by atoms with Crippen molar-refractivity contribution in [3.8, 4) is 0 Å². The van der Waals surface area contributed by atoms with Crippen LogP contribution in [0.3, 0.4) is 0 Å². The van der Waals surface area contributed by atoms with Crippen LogP contribution in [0.2, 0.25) is 0 Å². The molecule has 0 saturated carbocycles. The summed E-state index contributed by atoms with van der Waals surface area (Å²) in [4.78, 5) is 1.40. The van der Waals surface area contributed by atoms with Gasteiger partial charge in [-0.2, -0.15) is 0 Å². The van der Waals surface area contributed by atoms with Crippen LogP contribution in [0.5, 0.6) is 0 Å². The molecule has 2 heteroatoms. The Hall–Kier alpha value is -1.12. The molecule has 0 N–H and O–H groups in total. The van der Waals surface area contributed by atoms with Crippen molar-refractivity contribution in [1.82, 2.24) is 0 Å². The zero-order chi connectivity index (χ0) is 12.2. The lowest BCUT2D eigenvalue weighted by molar-refractivity contribution is 1.11. The van der Waals surface area contributed by atoms with Crippen LogP contribution in [-0.4, -0.2) is 4.58 Å². The Kier molecular flexibility index (Phi) is 3.77. The second-order valence-corrected chi connectivity index (χ2v) is 6.84. The van der Waals surface area contributed by atoms with Gasteiger partial charge in [0.1, 0.15) is 0 Å². The average Bonchev–Trinajstić information content (AvgIpc) is 2.89. The Morgan fingerprint density at radius 1 is 0.833 bits per heavy atom. The molecule has 0 fully saturated rings. The van der Waals surface area contributed by atoms with Crippen molar-refractivity contribution < 1.29 is 0 Å². The van der Waals surface area contributed by atoms with Gasteiger partial charge in [-0.15, -0.1) is 23.5 Å². The van der Waals surface area contributed by atoms with Crippen LogP contribution >= 0.6 is 23.5 Å². The minimum absolute atomic E-state index is 0.614. The first-order valence-corrected chi connectivity index (χ1v) is 7.86. The molecule has 0 amide bonds. The van der Waals surface area contributed by atoms with Crippen LogP contribution in [0.25, 0.3) is 4.91 Å². The molecular weight excluding hydrogens is 256 g/mol. The molecular formula is C16H14S2. The minimum atomic E-state index is 0.614. The number of benzene rings is 2. The number of thioether (sulfide) groups is 2. The highest BCUT2D eigenvalue weighted by Gasteiger charge is 2.19. The first kappa shape index (κ1) is 11.9. The molecule has 0 nitrogen and oxygen atoms in total. The summed E-state index contributed by atoms with van der Waals surface area (Å²) in [6, 6.07) is 21.4. The average molecular weight is 270 g/mol. The Balaban J connectivity index is 1.65. The first-order valence-electron chi connectivity index (χ1n) is 6.03. The third-order valence-electron chi connectivity index (χ3n) is 2.89. The summed E-state index contributed by atoms with van der Waals surface area (Å²) in [7, 11) is 0. The molecule has 1 aliphatic heterocycles. The summed E-state index contributed by atoms with van der Waals surface area (Å²) in [6.45, 7) is 0. The van der Waals surface area contributed by atoms with E-state index in [9.17, 15) is 0 Å². The molecule has 0 radical (unpaired) electrons. The molecule has 3 rings (SSSR count). The highest BCUT2D eigenvalue weighted by molar-refractivity contribution is 8.26. The topological polar surface area (TPSA) is 0 Å². The Bertz CT molecular complexity index is 532. The smallest absolute Gasteiger partial charge is 0.0631 e. The Morgan fingerprint density at radius 3 is 2.22 bits per heavy atom. The van der Waals surface area contributed by atoms with E-state index < -0.39 is 0 Å². The monoisotopic (exact) mass is 270 g/mol. The molecule has 1 atom stereocenters. The maximum atomic E-state index is 2.30. The molecule has 1 unspecified atom stereocenters. The second-order valence-electron chi connectivity index (χ2n) is 4.22. The van der Waals surface area contributed by atoms with E-state index in [1.54, 1.807) is 0 Å². The SMILES string of the molecule is C1=C(c2ccccc2)SC(Cc2ccccc2)S1. The van der Waals surface area contributed by atoms with Crippen LogP contribution in [0.1, 0.15) is 11.1 Å². The van der Waals surface area contributed by atoms with Crippen LogP contribution in [0.15, 0.2) is 66.1 Å². The summed E-state index contributed by atoms with van der Waals surface area (Å²) in [6.07, 6.45) is 1.13. The standard InChI is InChI=1S/C16H14S2/c1-3-7-13(8-4-1)11-16-17-12-15(18-16)14-9-5-2-6-10-14/h1-10,12,16H,11H2. The molecule has 0 aliphatic carbocycles. The summed E-state index contributed by atoms with van der Waals surface area (Å²) in [5, 5.41) is 2.30. The summed E-state index contributed by atoms with van der Waals surface area (Å²) < 4.78 is 0.614. The molecule has 90 valence electrons. The molecule has 18 heavy (non-hydrogen) atoms. The van der Waals surface area contributed by atoms with Crippen molar-refractivity contribution in [3.63, 3.8) is 0 Å². The molecule has 0 spiro atoms. The summed E-state index contributed by atoms with van der Waals surface area (Å²) >= 11 is 3.92. The third kappa shape index (κ3) is 2.82. The summed E-state index contributed by atoms with van der Waals surface area (Å²) in [5.74, 6) is 0. The van der Waals surface area contributed by atoms with Crippen LogP contribution in [-0.2, 0) is 6.42 Å². The molecule has 1 aliphatic rings. The molecule has 1 heterocycles. The van der Waals surface area contributed by atoms with Gasteiger partial charge in [-0.1, -0.05) is 60.7 Å². The largest absolute Gasteiger partial charge is 0.118 e. The molecule has 0 aromatic heterocycles. The van der Waals surface area contributed by atoms with Crippen molar-refractivity contribution in [2.75, 3.05) is 0 Å². The van der Waals surface area contributed by atoms with Gasteiger partial charge in [-0.3, -0.25) is 0 Å². The van der Waals surface area contributed by atoms with Crippen molar-refractivity contribution in [3.05, 3.63) is 77.2 Å². The van der Waals surface area contributed by atoms with Crippen LogP contribution < -0.4 is 0 Å². The highest BCUT2D eigenvalue weighted by Crippen LogP contribution is 2.46. The zero-order valence-corrected chi connectivity index (χ0v) is 11.6. The normalized spacial score (nSPS) is 18.7. The van der Waals surface area contributed by atoms with Gasteiger partial charge in [0.25, 0.3) is 0 Å². The fourth-order valence-corrected chi connectivity index (χ4v) is 4.59. The highest BCUT2D eigenvalue weighted by atomic mass is 32.2. The van der Waals surface area contributed by atoms with Gasteiger partial charge in [0.05, 0.1) is 4.58 Å². The van der Waals surface area contributed by atoms with Gasteiger partial charge in [-0.05, 0) is 23.0 Å². The van der Waals surface area contributed by atoms with Gasteiger partial charge < -0.3 is 0 Å². The predicted molar refractivity (Wildman–Crippen MR) is 83.5 cm³/mol. The van der Waals surface area contributed by atoms with Gasteiger partial charge >= 0.3 is 0 Å². The van der Waals surface area contributed by atoms with E-state index >= 15 is 0 Å². The predicted octanol–water partition coefficient (Wildman–Crippen LogP) is 5.03. The van der Waals surface area contributed by atoms with Crippen molar-refractivity contribution >= 4 is 28.4 Å². The van der Waals surface area contributed by atoms with E-state index in [0.29, 0.717) is 4.58 Å². The molecule has 2 aromatic rings. The fraction of sp³-hybridized carbons (Fsp3) is 0.125. The van der Waals surface area contributed by atoms with Crippen molar-refractivity contribution in [2.45, 2.75) is 11.0 Å². The van der Waals surface area contributed by atoms with E-state index in [4.69, 9.17) is 0 Å². The fourth-order valence-electron chi connectivity index (χ4n) is 1.97. The third-order valence-corrected chi connectivity index (χ3v) is 5.54. The number of hydrogen-bond acceptors (Lipinski definition) is 2. The van der Waals surface area contributed by atoms with Gasteiger partial charge in [-0.25, -0.2) is 0 Å². The maximum Gasteiger partial charge on any atom is 0.0631 e. The van der Waals surface area contributed by atoms with Crippen LogP contribution in [0.4, 0.5) is 0 Å². The second kappa shape index (κ2) is 5.68. The maximum absolute atomic E-state index is 2.30. The van der Waals surface area contributed by atoms with E-state index in [0.717, 1.165) is 6.42 Å². The molecule has 2 aromatic carbocycles. The van der Waals surface area contributed by atoms with Crippen molar-refractivity contribution in [2.24, 2.45) is 0 Å². The quantitative estimate of drug-likeness (QED) is 0.767.